The summed E-state index contributed by atoms with van der Waals surface area (Å²) in [5, 5.41) is 17.9. The van der Waals surface area contributed by atoms with Gasteiger partial charge in [-0.3, -0.25) is 4.79 Å². The van der Waals surface area contributed by atoms with E-state index in [0.717, 1.165) is 38.5 Å². The fourth-order valence-electron chi connectivity index (χ4n) is 7.45. The first-order valence-electron chi connectivity index (χ1n) is 13.8. The fourth-order valence-corrected chi connectivity index (χ4v) is 7.96. The third-order valence-electron chi connectivity index (χ3n) is 9.53. The molecule has 2 saturated carbocycles. The van der Waals surface area contributed by atoms with E-state index in [-0.39, 0.29) is 27.9 Å². The predicted molar refractivity (Wildman–Crippen MR) is 147 cm³/mol. The molecule has 5 rings (SSSR count). The van der Waals surface area contributed by atoms with Crippen molar-refractivity contribution in [2.45, 2.75) is 82.3 Å². The molecule has 6 atom stereocenters. The van der Waals surface area contributed by atoms with Crippen LogP contribution in [0.15, 0.2) is 47.4 Å². The Morgan fingerprint density at radius 3 is 2.46 bits per heavy atom. The monoisotopic (exact) mass is 554 g/mol. The number of phenolic OH excluding ortho intramolecular Hbond substituents is 1. The lowest BCUT2D eigenvalue weighted by Crippen LogP contribution is -2.49. The molecule has 0 heterocycles. The molecule has 2 aromatic carbocycles. The van der Waals surface area contributed by atoms with Gasteiger partial charge in [-0.1, -0.05) is 26.8 Å². The molecule has 0 bridgehead atoms. The molecule has 0 unspecified atom stereocenters. The summed E-state index contributed by atoms with van der Waals surface area (Å²) in [4.78, 5) is 26.3. The zero-order valence-electron chi connectivity index (χ0n) is 22.7. The molecule has 2 aromatic rings. The Bertz CT molecular complexity index is 1370. The number of carbonyl (C=O) groups excluding carboxylic acids is 2. The van der Waals surface area contributed by atoms with Crippen LogP contribution in [-0.4, -0.2) is 37.5 Å². The predicted octanol–water partition coefficient (Wildman–Crippen LogP) is 4.26. The van der Waals surface area contributed by atoms with E-state index >= 15 is 0 Å². The molecule has 0 aliphatic heterocycles. The Kier molecular flexibility index (Phi) is 7.26. The van der Waals surface area contributed by atoms with Crippen molar-refractivity contribution in [2.75, 3.05) is 0 Å². The second kappa shape index (κ2) is 10.2. The number of ether oxygens (including phenoxy) is 1. The Morgan fingerprint density at radius 2 is 1.79 bits per heavy atom. The number of benzene rings is 2. The van der Waals surface area contributed by atoms with E-state index < -0.39 is 27.9 Å². The van der Waals surface area contributed by atoms with Crippen LogP contribution in [0.1, 0.15) is 80.3 Å². The number of nitrogens with two attached hydrogens (primary N) is 1. The van der Waals surface area contributed by atoms with E-state index in [1.165, 1.54) is 35.4 Å². The van der Waals surface area contributed by atoms with Gasteiger partial charge in [0.1, 0.15) is 17.9 Å². The Labute approximate surface area is 230 Å². The number of nitrogens with one attached hydrogen (secondary N) is 1. The number of esters is 1. The lowest BCUT2D eigenvalue weighted by atomic mass is 9.55. The number of hydrogen-bond donors (Lipinski definition) is 3. The van der Waals surface area contributed by atoms with Gasteiger partial charge >= 0.3 is 5.97 Å². The molecule has 210 valence electrons. The lowest BCUT2D eigenvalue weighted by Gasteiger charge is -2.50. The summed E-state index contributed by atoms with van der Waals surface area (Å²) < 4.78 is 29.2. The first-order chi connectivity index (χ1) is 18.4. The van der Waals surface area contributed by atoms with E-state index in [2.05, 4.69) is 18.3 Å². The van der Waals surface area contributed by atoms with Crippen molar-refractivity contribution in [3.8, 4) is 5.75 Å². The number of primary sulfonamides is 1. The lowest BCUT2D eigenvalue weighted by molar-refractivity contribution is -0.161. The summed E-state index contributed by atoms with van der Waals surface area (Å²) in [6.07, 6.45) is 5.65. The number of fused-ring (bicyclic) bond motifs is 5. The zero-order valence-corrected chi connectivity index (χ0v) is 23.5. The smallest absolute Gasteiger partial charge is 0.329 e. The van der Waals surface area contributed by atoms with Crippen molar-refractivity contribution in [3.05, 3.63) is 59.2 Å². The van der Waals surface area contributed by atoms with Crippen molar-refractivity contribution >= 4 is 21.9 Å². The highest BCUT2D eigenvalue weighted by Crippen LogP contribution is 2.61. The van der Waals surface area contributed by atoms with Crippen LogP contribution < -0.4 is 10.5 Å². The average Bonchev–Trinajstić information content (AvgIpc) is 3.22. The van der Waals surface area contributed by atoms with Crippen LogP contribution in [-0.2, 0) is 26.0 Å². The summed E-state index contributed by atoms with van der Waals surface area (Å²) in [5.41, 5.74) is 2.75. The molecule has 0 radical (unpaired) electrons. The molecule has 0 saturated heterocycles. The average molecular weight is 555 g/mol. The molecule has 0 spiro atoms. The highest BCUT2D eigenvalue weighted by molar-refractivity contribution is 7.89. The van der Waals surface area contributed by atoms with Gasteiger partial charge in [-0.2, -0.15) is 0 Å². The Balaban J connectivity index is 1.27. The minimum Gasteiger partial charge on any atom is -0.508 e. The Morgan fingerprint density at radius 1 is 1.08 bits per heavy atom. The molecule has 1 amide bonds. The molecule has 39 heavy (non-hydrogen) atoms. The largest absolute Gasteiger partial charge is 0.508 e. The van der Waals surface area contributed by atoms with E-state index in [0.29, 0.717) is 23.5 Å². The van der Waals surface area contributed by atoms with Crippen LogP contribution in [0.4, 0.5) is 0 Å². The third-order valence-corrected chi connectivity index (χ3v) is 10.5. The minimum atomic E-state index is -3.86. The van der Waals surface area contributed by atoms with Crippen LogP contribution in [0.2, 0.25) is 0 Å². The van der Waals surface area contributed by atoms with Crippen LogP contribution in [0.3, 0.4) is 0 Å². The van der Waals surface area contributed by atoms with Crippen molar-refractivity contribution < 1.29 is 27.9 Å². The maximum Gasteiger partial charge on any atom is 0.329 e. The topological polar surface area (TPSA) is 136 Å². The Hall–Kier alpha value is -2.91. The molecule has 4 N–H and O–H groups in total. The molecule has 3 aliphatic rings. The molecule has 9 heteroatoms. The standard InChI is InChI=1S/C30H38N2O6S/c1-17(2)27(32-28(34)18-4-8-21(9-5-18)39(31,36)37)29(35)38-26-13-12-25-24-10-6-19-16-20(33)7-11-22(19)23(24)14-15-30(25,26)3/h4-5,7-9,11,16-17,23-27,33H,6,10,12-15H2,1-3H3,(H,32,34)(H2,31,36,37)/t23-,24-,25+,26+,27+,30+/m1/s1. The van der Waals surface area contributed by atoms with Crippen molar-refractivity contribution in [1.82, 2.24) is 5.32 Å². The molecule has 0 aromatic heterocycles. The second-order valence-corrected chi connectivity index (χ2v) is 13.7. The maximum atomic E-state index is 13.4. The molecule has 3 aliphatic carbocycles. The summed E-state index contributed by atoms with van der Waals surface area (Å²) in [5.74, 6) is 0.689. The number of carbonyl (C=O) groups is 2. The maximum absolute atomic E-state index is 13.4. The number of aromatic hydroxyl groups is 1. The van der Waals surface area contributed by atoms with E-state index in [4.69, 9.17) is 9.88 Å². The van der Waals surface area contributed by atoms with Gasteiger partial charge in [-0.15, -0.1) is 0 Å². The molecular weight excluding hydrogens is 516 g/mol. The first-order valence-corrected chi connectivity index (χ1v) is 15.4. The van der Waals surface area contributed by atoms with Crippen molar-refractivity contribution in [3.63, 3.8) is 0 Å². The normalized spacial score (nSPS) is 28.6. The van der Waals surface area contributed by atoms with E-state index in [1.54, 1.807) is 6.07 Å². The number of phenols is 1. The number of hydrogen-bond acceptors (Lipinski definition) is 6. The summed E-state index contributed by atoms with van der Waals surface area (Å²) in [6, 6.07) is 10.3. The van der Waals surface area contributed by atoms with Gasteiger partial charge in [0.05, 0.1) is 4.90 Å². The third kappa shape index (κ3) is 5.18. The van der Waals surface area contributed by atoms with Gasteiger partial charge < -0.3 is 15.2 Å². The van der Waals surface area contributed by atoms with Crippen molar-refractivity contribution in [1.29, 1.82) is 0 Å². The van der Waals surface area contributed by atoms with Crippen LogP contribution in [0.25, 0.3) is 0 Å². The van der Waals surface area contributed by atoms with Crippen LogP contribution in [0.5, 0.6) is 5.75 Å². The number of sulfonamides is 1. The zero-order chi connectivity index (χ0) is 28.1. The van der Waals surface area contributed by atoms with E-state index in [9.17, 15) is 23.1 Å². The number of aryl methyl sites for hydroxylation is 1. The highest BCUT2D eigenvalue weighted by atomic mass is 32.2. The van der Waals surface area contributed by atoms with Gasteiger partial charge in [0, 0.05) is 11.0 Å². The number of amides is 1. The SMILES string of the molecule is CC(C)[C@H](NC(=O)c1ccc(S(N)(=O)=O)cc1)C(=O)O[C@H]1CC[C@H]2[C@@H]3CCc4cc(O)ccc4[C@H]3CC[C@]12C. The van der Waals surface area contributed by atoms with Gasteiger partial charge in [0.25, 0.3) is 5.91 Å². The van der Waals surface area contributed by atoms with Gasteiger partial charge in [0.2, 0.25) is 10.0 Å². The highest BCUT2D eigenvalue weighted by Gasteiger charge is 2.56. The molecular formula is C30H38N2O6S. The molecule has 2 fully saturated rings. The van der Waals surface area contributed by atoms with Gasteiger partial charge in [-0.25, -0.2) is 18.4 Å². The number of rotatable bonds is 6. The van der Waals surface area contributed by atoms with Crippen LogP contribution >= 0.6 is 0 Å². The van der Waals surface area contributed by atoms with E-state index in [1.807, 2.05) is 19.9 Å². The fraction of sp³-hybridized carbons (Fsp3) is 0.533. The van der Waals surface area contributed by atoms with Crippen molar-refractivity contribution in [2.24, 2.45) is 28.3 Å². The second-order valence-electron chi connectivity index (χ2n) is 12.1. The molecule has 8 nitrogen and oxygen atoms in total. The summed E-state index contributed by atoms with van der Waals surface area (Å²) in [7, 11) is -3.86. The van der Waals surface area contributed by atoms with Gasteiger partial charge in [0.15, 0.2) is 0 Å². The quantitative estimate of drug-likeness (QED) is 0.457. The first kappa shape index (κ1) is 27.6. The summed E-state index contributed by atoms with van der Waals surface area (Å²) >= 11 is 0. The van der Waals surface area contributed by atoms with Crippen LogP contribution in [0, 0.1) is 23.2 Å². The van der Waals surface area contributed by atoms with Gasteiger partial charge in [-0.05, 0) is 110 Å². The minimum absolute atomic E-state index is 0.0859. The summed E-state index contributed by atoms with van der Waals surface area (Å²) in [6.45, 7) is 5.98.